The van der Waals surface area contributed by atoms with Crippen molar-refractivity contribution < 1.29 is 23.5 Å². The number of hydrogen-bond donors (Lipinski definition) is 1. The Morgan fingerprint density at radius 3 is 2.42 bits per heavy atom. The van der Waals surface area contributed by atoms with Crippen LogP contribution < -0.4 is 5.32 Å². The van der Waals surface area contributed by atoms with Crippen molar-refractivity contribution in [1.82, 2.24) is 10.3 Å². The minimum absolute atomic E-state index is 0.244. The van der Waals surface area contributed by atoms with E-state index in [2.05, 4.69) is 10.3 Å². The lowest BCUT2D eigenvalue weighted by atomic mass is 9.91. The first-order valence-corrected chi connectivity index (χ1v) is 12.0. The Morgan fingerprint density at radius 1 is 1.08 bits per heavy atom. The lowest BCUT2D eigenvalue weighted by molar-refractivity contribution is -0.142. The zero-order chi connectivity index (χ0) is 26.3. The monoisotopic (exact) mass is 512 g/mol. The minimum atomic E-state index is -0.684. The summed E-state index contributed by atoms with van der Waals surface area (Å²) in [5.41, 5.74) is 1.83. The molecule has 3 rings (SSSR count). The lowest BCUT2D eigenvalue weighted by Gasteiger charge is -2.26. The number of nitrogens with one attached hydrogen (secondary N) is 1. The highest BCUT2D eigenvalue weighted by Gasteiger charge is 2.29. The van der Waals surface area contributed by atoms with Crippen LogP contribution in [0.5, 0.6) is 0 Å². The molecule has 0 fully saturated rings. The fraction of sp³-hybridized carbons (Fsp3) is 0.321. The van der Waals surface area contributed by atoms with Gasteiger partial charge in [0.15, 0.2) is 0 Å². The summed E-state index contributed by atoms with van der Waals surface area (Å²) in [6.45, 7) is 5.33. The van der Waals surface area contributed by atoms with Gasteiger partial charge in [-0.25, -0.2) is 9.18 Å². The van der Waals surface area contributed by atoms with E-state index in [0.717, 1.165) is 5.56 Å². The van der Waals surface area contributed by atoms with Crippen LogP contribution in [0.3, 0.4) is 0 Å². The van der Waals surface area contributed by atoms with E-state index < -0.39 is 29.6 Å². The average molecular weight is 513 g/mol. The molecule has 2 atom stereocenters. The van der Waals surface area contributed by atoms with E-state index in [-0.39, 0.29) is 12.2 Å². The van der Waals surface area contributed by atoms with Gasteiger partial charge in [-0.3, -0.25) is 9.78 Å². The van der Waals surface area contributed by atoms with Crippen molar-refractivity contribution in [2.45, 2.75) is 51.2 Å². The number of hydrogen-bond acceptors (Lipinski definition) is 5. The molecule has 1 amide bonds. The highest BCUT2D eigenvalue weighted by atomic mass is 35.5. The maximum Gasteiger partial charge on any atom is 0.407 e. The molecule has 8 heteroatoms. The van der Waals surface area contributed by atoms with Crippen LogP contribution in [0, 0.1) is 5.82 Å². The van der Waals surface area contributed by atoms with Gasteiger partial charge in [-0.15, -0.1) is 0 Å². The number of benzene rings is 2. The van der Waals surface area contributed by atoms with E-state index in [4.69, 9.17) is 21.1 Å². The van der Waals surface area contributed by atoms with Crippen LogP contribution in [-0.4, -0.2) is 35.8 Å². The van der Waals surface area contributed by atoms with Crippen molar-refractivity contribution in [2.75, 3.05) is 7.11 Å². The van der Waals surface area contributed by atoms with E-state index in [9.17, 15) is 14.0 Å². The summed E-state index contributed by atoms with van der Waals surface area (Å²) in [6, 6.07) is 16.5. The van der Waals surface area contributed by atoms with E-state index in [1.807, 2.05) is 12.1 Å². The van der Waals surface area contributed by atoms with Gasteiger partial charge < -0.3 is 14.8 Å². The highest BCUT2D eigenvalue weighted by Crippen LogP contribution is 2.28. The topological polar surface area (TPSA) is 77.5 Å². The maximum absolute atomic E-state index is 14.3. The van der Waals surface area contributed by atoms with Gasteiger partial charge in [0.2, 0.25) is 0 Å². The van der Waals surface area contributed by atoms with Gasteiger partial charge in [0, 0.05) is 22.8 Å². The molecule has 0 spiro atoms. The molecule has 3 aromatic rings. The average Bonchev–Trinajstić information content (AvgIpc) is 2.83. The molecule has 190 valence electrons. The third-order valence-corrected chi connectivity index (χ3v) is 5.68. The predicted octanol–water partition coefficient (Wildman–Crippen LogP) is 6.32. The third kappa shape index (κ3) is 7.78. The molecule has 0 bridgehead atoms. The van der Waals surface area contributed by atoms with Crippen LogP contribution >= 0.6 is 11.6 Å². The van der Waals surface area contributed by atoms with E-state index >= 15 is 0 Å². The van der Waals surface area contributed by atoms with Crippen LogP contribution in [0.1, 0.15) is 44.4 Å². The molecule has 0 radical (unpaired) electrons. The summed E-state index contributed by atoms with van der Waals surface area (Å²) in [6.07, 6.45) is 1.66. The Morgan fingerprint density at radius 2 is 1.81 bits per heavy atom. The number of halogens is 2. The zero-order valence-electron chi connectivity index (χ0n) is 20.8. The summed E-state index contributed by atoms with van der Waals surface area (Å²) in [5.74, 6) is -1.50. The first kappa shape index (κ1) is 27.1. The Labute approximate surface area is 215 Å². The number of amides is 1. The molecular formula is C28H30ClFN2O4. The van der Waals surface area contributed by atoms with Gasteiger partial charge in [-0.05, 0) is 75.1 Å². The van der Waals surface area contributed by atoms with Gasteiger partial charge in [0.25, 0.3) is 0 Å². The highest BCUT2D eigenvalue weighted by molar-refractivity contribution is 6.30. The van der Waals surface area contributed by atoms with Crippen molar-refractivity contribution in [2.24, 2.45) is 0 Å². The Balaban J connectivity index is 1.85. The SMILES string of the molecule is COC(=O)C(C[C@@H](Cc1ccc(-c2cc(Cl)ccc2F)cc1)NC(=O)OC(C)(C)C)c1ccccn1. The molecule has 0 saturated heterocycles. The maximum atomic E-state index is 14.3. The first-order chi connectivity index (χ1) is 17.1. The van der Waals surface area contributed by atoms with Gasteiger partial charge in [0.05, 0.1) is 12.8 Å². The van der Waals surface area contributed by atoms with Gasteiger partial charge in [0.1, 0.15) is 17.3 Å². The standard InChI is InChI=1S/C28H30ClFN2O4/c1-28(2,3)36-27(34)32-21(17-23(26(33)35-4)25-7-5-6-14-31-25)15-18-8-10-19(11-9-18)22-16-20(29)12-13-24(22)30/h5-14,16,21,23H,15,17H2,1-4H3,(H,32,34)/t21-,23?/m1/s1. The van der Waals surface area contributed by atoms with E-state index in [0.29, 0.717) is 28.3 Å². The number of esters is 1. The van der Waals surface area contributed by atoms with E-state index in [1.165, 1.54) is 19.2 Å². The van der Waals surface area contributed by atoms with Crippen molar-refractivity contribution >= 4 is 23.7 Å². The smallest absolute Gasteiger partial charge is 0.407 e. The molecule has 36 heavy (non-hydrogen) atoms. The molecule has 2 aromatic carbocycles. The van der Waals surface area contributed by atoms with Crippen molar-refractivity contribution in [3.8, 4) is 11.1 Å². The molecule has 0 saturated carbocycles. The molecule has 0 aliphatic heterocycles. The van der Waals surface area contributed by atoms with Crippen molar-refractivity contribution in [3.63, 3.8) is 0 Å². The summed E-state index contributed by atoms with van der Waals surface area (Å²) in [5, 5.41) is 3.33. The van der Waals surface area contributed by atoms with Crippen molar-refractivity contribution in [3.05, 3.63) is 89.0 Å². The molecule has 0 aliphatic carbocycles. The summed E-state index contributed by atoms with van der Waals surface area (Å²) in [7, 11) is 1.32. The fourth-order valence-electron chi connectivity index (χ4n) is 3.84. The summed E-state index contributed by atoms with van der Waals surface area (Å²) >= 11 is 6.04. The zero-order valence-corrected chi connectivity index (χ0v) is 21.5. The van der Waals surface area contributed by atoms with Crippen LogP contribution in [0.15, 0.2) is 66.9 Å². The van der Waals surface area contributed by atoms with Crippen LogP contribution in [-0.2, 0) is 20.7 Å². The lowest BCUT2D eigenvalue weighted by Crippen LogP contribution is -2.41. The third-order valence-electron chi connectivity index (χ3n) is 5.45. The largest absolute Gasteiger partial charge is 0.469 e. The molecule has 1 aromatic heterocycles. The quantitative estimate of drug-likeness (QED) is 0.357. The number of pyridine rings is 1. The van der Waals surface area contributed by atoms with Gasteiger partial charge in [-0.2, -0.15) is 0 Å². The van der Waals surface area contributed by atoms with Crippen LogP contribution in [0.4, 0.5) is 9.18 Å². The van der Waals surface area contributed by atoms with Crippen LogP contribution in [0.2, 0.25) is 5.02 Å². The van der Waals surface area contributed by atoms with Crippen molar-refractivity contribution in [1.29, 1.82) is 0 Å². The number of carbonyl (C=O) groups excluding carboxylic acids is 2. The second-order valence-corrected chi connectivity index (χ2v) is 9.87. The van der Waals surface area contributed by atoms with Gasteiger partial charge >= 0.3 is 12.1 Å². The Hall–Kier alpha value is -3.45. The molecule has 1 N–H and O–H groups in total. The summed E-state index contributed by atoms with van der Waals surface area (Å²) in [4.78, 5) is 29.5. The number of methoxy groups -OCH3 is 1. The number of carbonyl (C=O) groups is 2. The van der Waals surface area contributed by atoms with Gasteiger partial charge in [-0.1, -0.05) is 41.9 Å². The molecular weight excluding hydrogens is 483 g/mol. The minimum Gasteiger partial charge on any atom is -0.469 e. The predicted molar refractivity (Wildman–Crippen MR) is 137 cm³/mol. The van der Waals surface area contributed by atoms with Crippen LogP contribution in [0.25, 0.3) is 11.1 Å². The number of nitrogens with zero attached hydrogens (tertiary/aromatic N) is 1. The molecule has 0 aliphatic rings. The second kappa shape index (κ2) is 12.0. The molecule has 6 nitrogen and oxygen atoms in total. The van der Waals surface area contributed by atoms with E-state index in [1.54, 1.807) is 63.4 Å². The number of ether oxygens (including phenoxy) is 2. The Bertz CT molecular complexity index is 1180. The second-order valence-electron chi connectivity index (χ2n) is 9.43. The number of rotatable bonds is 8. The Kier molecular flexibility index (Phi) is 9.04. The summed E-state index contributed by atoms with van der Waals surface area (Å²) < 4.78 is 24.8. The number of alkyl carbamates (subject to hydrolysis) is 1. The first-order valence-electron chi connectivity index (χ1n) is 11.6. The number of aromatic nitrogens is 1. The normalized spacial score (nSPS) is 12.9. The molecule has 1 heterocycles. The molecule has 1 unspecified atom stereocenters. The fourth-order valence-corrected chi connectivity index (χ4v) is 4.01.